The summed E-state index contributed by atoms with van der Waals surface area (Å²) in [6, 6.07) is 0. The predicted molar refractivity (Wildman–Crippen MR) is 85.9 cm³/mol. The normalized spacial score (nSPS) is 14.2. The van der Waals surface area contributed by atoms with E-state index < -0.39 is 13.1 Å². The molecule has 0 aliphatic heterocycles. The Balaban J connectivity index is 5.20. The van der Waals surface area contributed by atoms with E-state index in [1.54, 1.807) is 13.8 Å². The van der Waals surface area contributed by atoms with Crippen LogP contribution < -0.4 is 5.32 Å². The molecule has 1 atom stereocenters. The maximum absolute atomic E-state index is 12.2. The van der Waals surface area contributed by atoms with Gasteiger partial charge in [0.25, 0.3) is 0 Å². The van der Waals surface area contributed by atoms with Gasteiger partial charge in [0.1, 0.15) is 0 Å². The van der Waals surface area contributed by atoms with Crippen molar-refractivity contribution in [2.24, 2.45) is 0 Å². The van der Waals surface area contributed by atoms with Gasteiger partial charge >= 0.3 is 8.80 Å². The van der Waals surface area contributed by atoms with Crippen LogP contribution in [-0.2, 0) is 18.1 Å². The Labute approximate surface area is 132 Å². The van der Waals surface area contributed by atoms with Crippen molar-refractivity contribution in [1.29, 1.82) is 0 Å². The first-order chi connectivity index (χ1) is 9.27. The Hall–Kier alpha value is 0.0469. The highest BCUT2D eigenvalue weighted by Gasteiger charge is 2.50. The van der Waals surface area contributed by atoms with Crippen molar-refractivity contribution in [2.75, 3.05) is 19.8 Å². The van der Waals surface area contributed by atoms with E-state index in [-0.39, 0.29) is 11.6 Å². The van der Waals surface area contributed by atoms with Crippen LogP contribution in [0.5, 0.6) is 0 Å². The highest BCUT2D eigenvalue weighted by molar-refractivity contribution is 9.10. The van der Waals surface area contributed by atoms with E-state index in [4.69, 9.17) is 13.3 Å². The molecule has 0 saturated heterocycles. The van der Waals surface area contributed by atoms with Gasteiger partial charge in [0.15, 0.2) is 0 Å². The maximum atomic E-state index is 12.2. The summed E-state index contributed by atoms with van der Waals surface area (Å²) in [5.41, 5.74) is -0.244. The number of nitrogens with one attached hydrogen (secondary N) is 1. The van der Waals surface area contributed by atoms with Gasteiger partial charge in [-0.25, -0.2) is 0 Å². The van der Waals surface area contributed by atoms with Gasteiger partial charge in [-0.1, -0.05) is 22.9 Å². The first kappa shape index (κ1) is 20.0. The van der Waals surface area contributed by atoms with E-state index >= 15 is 0 Å². The molecule has 0 radical (unpaired) electrons. The van der Waals surface area contributed by atoms with Gasteiger partial charge in [-0.15, -0.1) is 0 Å². The molecule has 0 rings (SSSR count). The van der Waals surface area contributed by atoms with Crippen molar-refractivity contribution >= 4 is 30.6 Å². The minimum Gasteiger partial charge on any atom is -0.373 e. The quantitative estimate of drug-likeness (QED) is 0.475. The molecule has 7 heteroatoms. The smallest absolute Gasteiger partial charge is 0.373 e. The molecule has 0 aliphatic rings. The number of hydrogen-bond acceptors (Lipinski definition) is 4. The summed E-state index contributed by atoms with van der Waals surface area (Å²) in [4.78, 5) is 12.2. The van der Waals surface area contributed by atoms with Gasteiger partial charge in [-0.3, -0.25) is 4.79 Å². The number of alkyl halides is 1. The van der Waals surface area contributed by atoms with Crippen LogP contribution in [0.25, 0.3) is 0 Å². The number of carbonyl (C=O) groups is 1. The number of carbonyl (C=O) groups excluding carboxylic acids is 1. The number of amides is 1. The molecule has 1 amide bonds. The second kappa shape index (κ2) is 9.14. The third-order valence-electron chi connectivity index (χ3n) is 2.72. The molecule has 0 aromatic carbocycles. The van der Waals surface area contributed by atoms with Gasteiger partial charge < -0.3 is 18.6 Å². The molecular formula is C13H28BrNO4Si. The molecule has 0 aliphatic carbocycles. The van der Waals surface area contributed by atoms with Crippen LogP contribution in [0.15, 0.2) is 0 Å². The standard InChI is InChI=1S/C13H28BrNO4Si/c1-7-11(15-12(16)13(5,6)14)20(17-8-2,18-9-3)19-10-4/h11H,7-10H2,1-6H3,(H,15,16). The molecule has 120 valence electrons. The van der Waals surface area contributed by atoms with Crippen molar-refractivity contribution < 1.29 is 18.1 Å². The molecule has 0 heterocycles. The summed E-state index contributed by atoms with van der Waals surface area (Å²) >= 11 is 3.37. The Kier molecular flexibility index (Phi) is 9.17. The fourth-order valence-electron chi connectivity index (χ4n) is 1.80. The molecule has 0 spiro atoms. The van der Waals surface area contributed by atoms with E-state index in [1.807, 2.05) is 27.7 Å². The van der Waals surface area contributed by atoms with Crippen LogP contribution in [0.1, 0.15) is 48.0 Å². The van der Waals surface area contributed by atoms with Crippen molar-refractivity contribution in [2.45, 2.75) is 58.0 Å². The van der Waals surface area contributed by atoms with E-state index in [2.05, 4.69) is 21.2 Å². The average Bonchev–Trinajstić information content (AvgIpc) is 2.35. The minimum atomic E-state index is -2.92. The zero-order valence-corrected chi connectivity index (χ0v) is 16.0. The van der Waals surface area contributed by atoms with Crippen LogP contribution in [0, 0.1) is 0 Å². The van der Waals surface area contributed by atoms with Crippen molar-refractivity contribution in [3.05, 3.63) is 0 Å². The highest BCUT2D eigenvalue weighted by atomic mass is 79.9. The summed E-state index contributed by atoms with van der Waals surface area (Å²) in [7, 11) is -2.92. The molecule has 1 unspecified atom stereocenters. The first-order valence-electron chi connectivity index (χ1n) is 7.19. The summed E-state index contributed by atoms with van der Waals surface area (Å²) in [6.07, 6.45) is 0.695. The van der Waals surface area contributed by atoms with Crippen LogP contribution in [0.2, 0.25) is 0 Å². The lowest BCUT2D eigenvalue weighted by Gasteiger charge is -2.36. The van der Waals surface area contributed by atoms with E-state index in [0.717, 1.165) is 0 Å². The summed E-state index contributed by atoms with van der Waals surface area (Å²) in [5.74, 6) is -0.0969. The van der Waals surface area contributed by atoms with Crippen LogP contribution in [0.3, 0.4) is 0 Å². The van der Waals surface area contributed by atoms with Gasteiger partial charge in [0.05, 0.1) is 9.99 Å². The third kappa shape index (κ3) is 5.81. The van der Waals surface area contributed by atoms with E-state index in [1.165, 1.54) is 0 Å². The molecule has 0 fully saturated rings. The van der Waals surface area contributed by atoms with E-state index in [9.17, 15) is 4.79 Å². The third-order valence-corrected chi connectivity index (χ3v) is 6.56. The van der Waals surface area contributed by atoms with Crippen molar-refractivity contribution in [3.63, 3.8) is 0 Å². The second-order valence-electron chi connectivity index (χ2n) is 4.81. The van der Waals surface area contributed by atoms with E-state index in [0.29, 0.717) is 26.2 Å². The molecule has 0 saturated carbocycles. The van der Waals surface area contributed by atoms with Gasteiger partial charge in [0.2, 0.25) is 5.91 Å². The molecule has 20 heavy (non-hydrogen) atoms. The average molecular weight is 370 g/mol. The zero-order chi connectivity index (χ0) is 15.8. The zero-order valence-electron chi connectivity index (χ0n) is 13.4. The van der Waals surface area contributed by atoms with Crippen LogP contribution in [-0.4, -0.2) is 44.5 Å². The van der Waals surface area contributed by atoms with Crippen LogP contribution >= 0.6 is 15.9 Å². The number of rotatable bonds is 10. The Morgan fingerprint density at radius 1 is 1.10 bits per heavy atom. The number of hydrogen-bond donors (Lipinski definition) is 1. The van der Waals surface area contributed by atoms with Gasteiger partial charge in [-0.05, 0) is 41.0 Å². The van der Waals surface area contributed by atoms with Crippen molar-refractivity contribution in [1.82, 2.24) is 5.32 Å². The topological polar surface area (TPSA) is 56.8 Å². The Morgan fingerprint density at radius 2 is 1.50 bits per heavy atom. The lowest BCUT2D eigenvalue weighted by Crippen LogP contribution is -2.64. The van der Waals surface area contributed by atoms with Gasteiger partial charge in [-0.2, -0.15) is 0 Å². The molecule has 0 aromatic heterocycles. The molecule has 0 bridgehead atoms. The second-order valence-corrected chi connectivity index (χ2v) is 9.56. The lowest BCUT2D eigenvalue weighted by atomic mass is 10.2. The molecule has 1 N–H and O–H groups in total. The summed E-state index contributed by atoms with van der Waals surface area (Å²) in [5, 5.41) is 3.00. The van der Waals surface area contributed by atoms with Gasteiger partial charge in [0, 0.05) is 19.8 Å². The maximum Gasteiger partial charge on any atom is 0.524 e. The Morgan fingerprint density at radius 3 is 1.75 bits per heavy atom. The number of halogens is 1. The Bertz CT molecular complexity index is 280. The fourth-order valence-corrected chi connectivity index (χ4v) is 4.78. The predicted octanol–water partition coefficient (Wildman–Crippen LogP) is 2.64. The lowest BCUT2D eigenvalue weighted by molar-refractivity contribution is -0.123. The summed E-state index contributed by atoms with van der Waals surface area (Å²) < 4.78 is 16.9. The SMILES string of the molecule is CCO[Si](OCC)(OCC)C(CC)NC(=O)C(C)(C)Br. The highest BCUT2D eigenvalue weighted by Crippen LogP contribution is 2.21. The molecule has 0 aromatic rings. The molecular weight excluding hydrogens is 342 g/mol. The monoisotopic (exact) mass is 369 g/mol. The summed E-state index contributed by atoms with van der Waals surface area (Å²) in [6.45, 7) is 12.8. The molecule has 5 nitrogen and oxygen atoms in total. The largest absolute Gasteiger partial charge is 0.524 e. The first-order valence-corrected chi connectivity index (χ1v) is 9.78. The fraction of sp³-hybridized carbons (Fsp3) is 0.923. The van der Waals surface area contributed by atoms with Crippen molar-refractivity contribution in [3.8, 4) is 0 Å². The van der Waals surface area contributed by atoms with Crippen LogP contribution in [0.4, 0.5) is 0 Å². The minimum absolute atomic E-state index is 0.0969.